The molecule has 0 aliphatic carbocycles. The van der Waals surface area contributed by atoms with E-state index in [-0.39, 0.29) is 0 Å². The molecule has 0 aromatic heterocycles. The van der Waals surface area contributed by atoms with E-state index in [2.05, 4.69) is 38.1 Å². The van der Waals surface area contributed by atoms with Gasteiger partial charge in [-0.1, -0.05) is 75.5 Å². The van der Waals surface area contributed by atoms with Crippen molar-refractivity contribution in [2.24, 2.45) is 17.0 Å². The third-order valence-electron chi connectivity index (χ3n) is 4.57. The van der Waals surface area contributed by atoms with Crippen LogP contribution in [0, 0.1) is 11.8 Å². The van der Waals surface area contributed by atoms with Crippen molar-refractivity contribution >= 4 is 11.7 Å². The van der Waals surface area contributed by atoms with Gasteiger partial charge < -0.3 is 9.94 Å². The number of hydrogen-bond donors (Lipinski definition) is 1. The van der Waals surface area contributed by atoms with Gasteiger partial charge in [0.2, 0.25) is 5.60 Å². The molecule has 0 saturated carbocycles. The molecule has 0 aliphatic heterocycles. The molecule has 1 rings (SSSR count). The van der Waals surface area contributed by atoms with E-state index in [0.29, 0.717) is 12.3 Å². The minimum absolute atomic E-state index is 0.627. The van der Waals surface area contributed by atoms with E-state index in [9.17, 15) is 9.90 Å². The van der Waals surface area contributed by atoms with Crippen molar-refractivity contribution in [2.75, 3.05) is 0 Å². The molecule has 0 radical (unpaired) electrons. The molecule has 1 unspecified atom stereocenters. The monoisotopic (exact) mass is 361 g/mol. The Kier molecular flexibility index (Phi) is 9.39. The van der Waals surface area contributed by atoms with E-state index in [0.717, 1.165) is 30.0 Å². The Labute approximate surface area is 158 Å². The number of oxime groups is 1. The van der Waals surface area contributed by atoms with Crippen LogP contribution in [0.3, 0.4) is 0 Å². The van der Waals surface area contributed by atoms with Crippen LogP contribution in [0.2, 0.25) is 0 Å². The Morgan fingerprint density at radius 2 is 1.77 bits per heavy atom. The summed E-state index contributed by atoms with van der Waals surface area (Å²) in [6, 6.07) is 10.1. The van der Waals surface area contributed by atoms with Crippen LogP contribution in [0.5, 0.6) is 0 Å². The predicted octanol–water partition coefficient (Wildman–Crippen LogP) is 5.71. The van der Waals surface area contributed by atoms with Gasteiger partial charge >= 0.3 is 5.97 Å². The molecule has 1 atom stereocenters. The lowest BCUT2D eigenvalue weighted by Crippen LogP contribution is -2.33. The highest BCUT2D eigenvalue weighted by atomic mass is 16.7. The third-order valence-corrected chi connectivity index (χ3v) is 4.57. The largest absolute Gasteiger partial charge is 0.478 e. The fraction of sp³-hybridized carbons (Fsp3) is 0.636. The summed E-state index contributed by atoms with van der Waals surface area (Å²) in [5.41, 5.74) is 0.752. The van der Waals surface area contributed by atoms with Crippen molar-refractivity contribution in [2.45, 2.75) is 78.7 Å². The first-order valence-electron chi connectivity index (χ1n) is 9.72. The van der Waals surface area contributed by atoms with Crippen LogP contribution in [0.15, 0.2) is 35.5 Å². The average Bonchev–Trinajstić information content (AvgIpc) is 2.57. The first-order valence-corrected chi connectivity index (χ1v) is 9.72. The first-order chi connectivity index (χ1) is 12.2. The third kappa shape index (κ3) is 9.02. The molecule has 4 nitrogen and oxygen atoms in total. The standard InChI is InChI=1S/C22H35NO3/c1-17(2)10-9-11-18(3)14-15-20(16-19-12-7-6-8-13-19)23-26-22(4,5)21(24)25/h6-8,12-13,17-18H,9-11,14-16H2,1-5H3,(H,24,25)/b23-20+. The summed E-state index contributed by atoms with van der Waals surface area (Å²) in [5, 5.41) is 13.4. The summed E-state index contributed by atoms with van der Waals surface area (Å²) in [5.74, 6) is 0.369. The number of benzene rings is 1. The van der Waals surface area contributed by atoms with E-state index < -0.39 is 11.6 Å². The van der Waals surface area contributed by atoms with Crippen LogP contribution in [0.4, 0.5) is 0 Å². The van der Waals surface area contributed by atoms with Crippen molar-refractivity contribution in [3.8, 4) is 0 Å². The summed E-state index contributed by atoms with van der Waals surface area (Å²) in [6.07, 6.45) is 6.30. The van der Waals surface area contributed by atoms with Crippen molar-refractivity contribution in [1.82, 2.24) is 0 Å². The van der Waals surface area contributed by atoms with Gasteiger partial charge in [0.25, 0.3) is 0 Å². The van der Waals surface area contributed by atoms with Crippen molar-refractivity contribution in [3.05, 3.63) is 35.9 Å². The minimum Gasteiger partial charge on any atom is -0.478 e. The fourth-order valence-electron chi connectivity index (χ4n) is 2.65. The Balaban J connectivity index is 2.67. The van der Waals surface area contributed by atoms with Gasteiger partial charge in [-0.2, -0.15) is 0 Å². The number of hydrogen-bond acceptors (Lipinski definition) is 3. The number of rotatable bonds is 12. The minimum atomic E-state index is -1.31. The SMILES string of the molecule is CC(C)CCCC(C)CC/C(Cc1ccccc1)=N\OC(C)(C)C(=O)O. The highest BCUT2D eigenvalue weighted by Gasteiger charge is 2.29. The molecule has 0 saturated heterocycles. The normalized spacial score (nSPS) is 13.7. The number of nitrogens with zero attached hydrogens (tertiary/aromatic N) is 1. The number of aliphatic carboxylic acids is 1. The molecule has 1 N–H and O–H groups in total. The second kappa shape index (κ2) is 11.0. The molecule has 0 amide bonds. The van der Waals surface area contributed by atoms with E-state index in [1.54, 1.807) is 0 Å². The van der Waals surface area contributed by atoms with Crippen LogP contribution in [-0.2, 0) is 16.1 Å². The van der Waals surface area contributed by atoms with E-state index in [4.69, 9.17) is 4.84 Å². The summed E-state index contributed by atoms with van der Waals surface area (Å²) in [4.78, 5) is 16.6. The number of carboxylic acids is 1. The Morgan fingerprint density at radius 1 is 1.12 bits per heavy atom. The maximum atomic E-state index is 11.2. The van der Waals surface area contributed by atoms with Gasteiger partial charge in [0.1, 0.15) is 0 Å². The molecule has 1 aromatic carbocycles. The molecule has 0 aliphatic rings. The van der Waals surface area contributed by atoms with E-state index >= 15 is 0 Å². The molecule has 0 bridgehead atoms. The highest BCUT2D eigenvalue weighted by Crippen LogP contribution is 2.19. The van der Waals surface area contributed by atoms with Crippen LogP contribution in [0.25, 0.3) is 0 Å². The van der Waals surface area contributed by atoms with Crippen LogP contribution < -0.4 is 0 Å². The number of carbonyl (C=O) groups is 1. The predicted molar refractivity (Wildman–Crippen MR) is 107 cm³/mol. The zero-order chi connectivity index (χ0) is 19.6. The van der Waals surface area contributed by atoms with Crippen molar-refractivity contribution in [3.63, 3.8) is 0 Å². The molecule has 4 heteroatoms. The van der Waals surface area contributed by atoms with Gasteiger partial charge in [0, 0.05) is 6.42 Å². The molecule has 1 aromatic rings. The molecule has 0 spiro atoms. The van der Waals surface area contributed by atoms with Crippen LogP contribution in [0.1, 0.15) is 72.3 Å². The second-order valence-corrected chi connectivity index (χ2v) is 8.20. The van der Waals surface area contributed by atoms with Crippen molar-refractivity contribution in [1.29, 1.82) is 0 Å². The maximum Gasteiger partial charge on any atom is 0.350 e. The average molecular weight is 362 g/mol. The summed E-state index contributed by atoms with van der Waals surface area (Å²) < 4.78 is 0. The summed E-state index contributed by atoms with van der Waals surface area (Å²) >= 11 is 0. The smallest absolute Gasteiger partial charge is 0.350 e. The van der Waals surface area contributed by atoms with Crippen LogP contribution >= 0.6 is 0 Å². The number of carboxylic acid groups (broad SMARTS) is 1. The van der Waals surface area contributed by atoms with E-state index in [1.807, 2.05) is 18.2 Å². The molecule has 0 heterocycles. The lowest BCUT2D eigenvalue weighted by Gasteiger charge is -2.18. The summed E-state index contributed by atoms with van der Waals surface area (Å²) in [6.45, 7) is 9.84. The Morgan fingerprint density at radius 3 is 2.35 bits per heavy atom. The Hall–Kier alpha value is -1.84. The molecule has 146 valence electrons. The van der Waals surface area contributed by atoms with Gasteiger partial charge in [-0.3, -0.25) is 0 Å². The first kappa shape index (κ1) is 22.2. The zero-order valence-electron chi connectivity index (χ0n) is 17.0. The van der Waals surface area contributed by atoms with Crippen LogP contribution in [-0.4, -0.2) is 22.4 Å². The van der Waals surface area contributed by atoms with Gasteiger partial charge in [-0.25, -0.2) is 4.79 Å². The van der Waals surface area contributed by atoms with E-state index in [1.165, 1.54) is 33.1 Å². The lowest BCUT2D eigenvalue weighted by atomic mass is 9.94. The Bertz CT molecular complexity index is 564. The molecular weight excluding hydrogens is 326 g/mol. The van der Waals surface area contributed by atoms with Gasteiger partial charge in [-0.15, -0.1) is 0 Å². The van der Waals surface area contributed by atoms with Gasteiger partial charge in [-0.05, 0) is 44.1 Å². The maximum absolute atomic E-state index is 11.2. The highest BCUT2D eigenvalue weighted by molar-refractivity contribution is 5.86. The lowest BCUT2D eigenvalue weighted by molar-refractivity contribution is -0.161. The summed E-state index contributed by atoms with van der Waals surface area (Å²) in [7, 11) is 0. The van der Waals surface area contributed by atoms with Crippen molar-refractivity contribution < 1.29 is 14.7 Å². The molecular formula is C22H35NO3. The quantitative estimate of drug-likeness (QED) is 0.383. The molecule has 0 fully saturated rings. The van der Waals surface area contributed by atoms with Gasteiger partial charge in [0.15, 0.2) is 0 Å². The van der Waals surface area contributed by atoms with Gasteiger partial charge in [0.05, 0.1) is 5.71 Å². The topological polar surface area (TPSA) is 58.9 Å². The zero-order valence-corrected chi connectivity index (χ0v) is 17.0. The second-order valence-electron chi connectivity index (χ2n) is 8.20. The molecule has 26 heavy (non-hydrogen) atoms. The fourth-order valence-corrected chi connectivity index (χ4v) is 2.65.